The van der Waals surface area contributed by atoms with Gasteiger partial charge in [-0.15, -0.1) is 11.3 Å². The van der Waals surface area contributed by atoms with Crippen molar-refractivity contribution in [1.82, 2.24) is 9.97 Å². The Hall–Kier alpha value is -2.02. The monoisotopic (exact) mass is 341 g/mol. The Labute approximate surface area is 144 Å². The smallest absolute Gasteiger partial charge is 0.162 e. The van der Waals surface area contributed by atoms with Crippen molar-refractivity contribution in [3.8, 4) is 11.4 Å². The van der Waals surface area contributed by atoms with Crippen LogP contribution in [-0.4, -0.2) is 41.4 Å². The minimum Gasteiger partial charge on any atom is -0.391 e. The third-order valence-electron chi connectivity index (χ3n) is 4.26. The van der Waals surface area contributed by atoms with Gasteiger partial charge >= 0.3 is 0 Å². The first-order valence-electron chi connectivity index (χ1n) is 8.06. The van der Waals surface area contributed by atoms with Crippen molar-refractivity contribution in [2.45, 2.75) is 13.5 Å². The number of anilines is 1. The molecule has 124 valence electrons. The number of aliphatic hydroxyl groups excluding tert-OH is 1. The van der Waals surface area contributed by atoms with Crippen LogP contribution in [0.5, 0.6) is 0 Å². The minimum atomic E-state index is 0.0310. The zero-order valence-corrected chi connectivity index (χ0v) is 14.3. The highest BCUT2D eigenvalue weighted by atomic mass is 32.1. The molecule has 2 aromatic heterocycles. The number of morpholine rings is 1. The van der Waals surface area contributed by atoms with Crippen LogP contribution in [0.4, 0.5) is 5.82 Å². The Morgan fingerprint density at radius 3 is 2.75 bits per heavy atom. The molecule has 0 saturated carbocycles. The molecule has 1 fully saturated rings. The summed E-state index contributed by atoms with van der Waals surface area (Å²) in [5, 5.41) is 9.50. The van der Waals surface area contributed by atoms with Gasteiger partial charge < -0.3 is 14.7 Å². The number of aliphatic hydroxyl groups is 1. The molecule has 4 rings (SSSR count). The molecule has 0 spiro atoms. The predicted octanol–water partition coefficient (Wildman–Crippen LogP) is 3.00. The van der Waals surface area contributed by atoms with E-state index >= 15 is 0 Å². The number of thiophene rings is 1. The number of fused-ring (bicyclic) bond motifs is 1. The van der Waals surface area contributed by atoms with Crippen LogP contribution in [-0.2, 0) is 11.3 Å². The van der Waals surface area contributed by atoms with Crippen LogP contribution >= 0.6 is 11.3 Å². The molecule has 6 heteroatoms. The molecule has 0 bridgehead atoms. The first-order valence-corrected chi connectivity index (χ1v) is 8.88. The van der Waals surface area contributed by atoms with Crippen molar-refractivity contribution < 1.29 is 9.84 Å². The lowest BCUT2D eigenvalue weighted by Crippen LogP contribution is -2.36. The van der Waals surface area contributed by atoms with Crippen LogP contribution in [0.15, 0.2) is 30.3 Å². The molecular formula is C18H19N3O2S. The van der Waals surface area contributed by atoms with Crippen LogP contribution in [0, 0.1) is 6.92 Å². The lowest BCUT2D eigenvalue weighted by molar-refractivity contribution is 0.122. The summed E-state index contributed by atoms with van der Waals surface area (Å²) in [5.74, 6) is 1.69. The summed E-state index contributed by atoms with van der Waals surface area (Å²) in [6, 6.07) is 10.1. The topological polar surface area (TPSA) is 58.5 Å². The van der Waals surface area contributed by atoms with Gasteiger partial charge in [-0.2, -0.15) is 0 Å². The molecule has 1 aromatic carbocycles. The Morgan fingerprint density at radius 2 is 2.00 bits per heavy atom. The maximum absolute atomic E-state index is 9.50. The normalized spacial score (nSPS) is 15.2. The van der Waals surface area contributed by atoms with E-state index in [0.29, 0.717) is 13.2 Å². The van der Waals surface area contributed by atoms with E-state index in [2.05, 4.69) is 24.0 Å². The van der Waals surface area contributed by atoms with Gasteiger partial charge in [-0.1, -0.05) is 24.3 Å². The first kappa shape index (κ1) is 15.5. The maximum Gasteiger partial charge on any atom is 0.162 e. The number of ether oxygens (including phenoxy) is 1. The molecule has 0 radical (unpaired) electrons. The van der Waals surface area contributed by atoms with Crippen molar-refractivity contribution >= 4 is 27.4 Å². The molecule has 0 aliphatic carbocycles. The predicted molar refractivity (Wildman–Crippen MR) is 96.5 cm³/mol. The van der Waals surface area contributed by atoms with E-state index in [9.17, 15) is 5.11 Å². The summed E-state index contributed by atoms with van der Waals surface area (Å²) in [7, 11) is 0. The van der Waals surface area contributed by atoms with Crippen LogP contribution in [0.1, 0.15) is 10.4 Å². The van der Waals surface area contributed by atoms with E-state index in [-0.39, 0.29) is 6.61 Å². The van der Waals surface area contributed by atoms with E-state index in [0.717, 1.165) is 51.0 Å². The van der Waals surface area contributed by atoms with Gasteiger partial charge in [0.05, 0.1) is 30.0 Å². The summed E-state index contributed by atoms with van der Waals surface area (Å²) in [5.41, 5.74) is 3.10. The van der Waals surface area contributed by atoms with Gasteiger partial charge in [0, 0.05) is 23.5 Å². The Bertz CT molecular complexity index is 872. The van der Waals surface area contributed by atoms with Crippen molar-refractivity contribution in [3.05, 3.63) is 40.8 Å². The summed E-state index contributed by atoms with van der Waals surface area (Å²) in [4.78, 5) is 12.8. The molecule has 1 aliphatic rings. The number of benzene rings is 1. The molecule has 24 heavy (non-hydrogen) atoms. The van der Waals surface area contributed by atoms with Crippen molar-refractivity contribution in [2.75, 3.05) is 31.2 Å². The number of rotatable bonds is 3. The molecular weight excluding hydrogens is 322 g/mol. The lowest BCUT2D eigenvalue weighted by atomic mass is 10.1. The van der Waals surface area contributed by atoms with Crippen molar-refractivity contribution in [2.24, 2.45) is 0 Å². The van der Waals surface area contributed by atoms with Crippen LogP contribution in [0.25, 0.3) is 21.6 Å². The van der Waals surface area contributed by atoms with Gasteiger partial charge in [0.25, 0.3) is 0 Å². The number of hydrogen-bond acceptors (Lipinski definition) is 6. The van der Waals surface area contributed by atoms with E-state index in [1.807, 2.05) is 18.2 Å². The van der Waals surface area contributed by atoms with Gasteiger partial charge in [0.15, 0.2) is 11.6 Å². The van der Waals surface area contributed by atoms with Crippen LogP contribution in [0.3, 0.4) is 0 Å². The molecule has 3 aromatic rings. The highest BCUT2D eigenvalue weighted by Gasteiger charge is 2.20. The summed E-state index contributed by atoms with van der Waals surface area (Å²) in [6.07, 6.45) is 0. The highest BCUT2D eigenvalue weighted by molar-refractivity contribution is 7.19. The maximum atomic E-state index is 9.50. The standard InChI is InChI=1S/C18H19N3O2S/c1-12-4-2-3-5-14(12)17-19-15-10-13(11-22)24-16(15)18(20-17)21-6-8-23-9-7-21/h2-5,10,22H,6-9,11H2,1H3. The summed E-state index contributed by atoms with van der Waals surface area (Å²) >= 11 is 1.57. The zero-order valence-electron chi connectivity index (χ0n) is 13.5. The van der Waals surface area contributed by atoms with E-state index in [1.165, 1.54) is 0 Å². The quantitative estimate of drug-likeness (QED) is 0.794. The second kappa shape index (κ2) is 6.47. The largest absolute Gasteiger partial charge is 0.391 e. The molecule has 1 saturated heterocycles. The van der Waals surface area contributed by atoms with Gasteiger partial charge in [0.2, 0.25) is 0 Å². The van der Waals surface area contributed by atoms with Crippen LogP contribution < -0.4 is 4.90 Å². The minimum absolute atomic E-state index is 0.0310. The third kappa shape index (κ3) is 2.77. The van der Waals surface area contributed by atoms with Gasteiger partial charge in [-0.25, -0.2) is 9.97 Å². The fourth-order valence-electron chi connectivity index (χ4n) is 2.98. The fraction of sp³-hybridized carbons (Fsp3) is 0.333. The third-order valence-corrected chi connectivity index (χ3v) is 5.36. The fourth-order valence-corrected chi connectivity index (χ4v) is 3.95. The van der Waals surface area contributed by atoms with Crippen LogP contribution in [0.2, 0.25) is 0 Å². The molecule has 1 aliphatic heterocycles. The molecule has 1 N–H and O–H groups in total. The Kier molecular flexibility index (Phi) is 4.18. The SMILES string of the molecule is Cc1ccccc1-c1nc(N2CCOCC2)c2sc(CO)cc2n1. The molecule has 3 heterocycles. The molecule has 5 nitrogen and oxygen atoms in total. The molecule has 0 unspecified atom stereocenters. The average molecular weight is 341 g/mol. The van der Waals surface area contributed by atoms with E-state index < -0.39 is 0 Å². The number of nitrogens with zero attached hydrogens (tertiary/aromatic N) is 3. The number of aryl methyl sites for hydroxylation is 1. The second-order valence-corrected chi connectivity index (χ2v) is 7.01. The second-order valence-electron chi connectivity index (χ2n) is 5.87. The van der Waals surface area contributed by atoms with E-state index in [1.54, 1.807) is 11.3 Å². The lowest BCUT2D eigenvalue weighted by Gasteiger charge is -2.28. The molecule has 0 amide bonds. The highest BCUT2D eigenvalue weighted by Crippen LogP contribution is 2.34. The molecule has 0 atom stereocenters. The zero-order chi connectivity index (χ0) is 16.5. The average Bonchev–Trinajstić information content (AvgIpc) is 3.05. The number of hydrogen-bond donors (Lipinski definition) is 1. The van der Waals surface area contributed by atoms with E-state index in [4.69, 9.17) is 14.7 Å². The number of aromatic nitrogens is 2. The summed E-state index contributed by atoms with van der Waals surface area (Å²) < 4.78 is 6.51. The van der Waals surface area contributed by atoms with Crippen molar-refractivity contribution in [1.29, 1.82) is 0 Å². The van der Waals surface area contributed by atoms with Gasteiger partial charge in [0.1, 0.15) is 0 Å². The van der Waals surface area contributed by atoms with Gasteiger partial charge in [-0.3, -0.25) is 0 Å². The van der Waals surface area contributed by atoms with Gasteiger partial charge in [-0.05, 0) is 18.6 Å². The Morgan fingerprint density at radius 1 is 1.21 bits per heavy atom. The summed E-state index contributed by atoms with van der Waals surface area (Å²) in [6.45, 7) is 5.18. The first-order chi connectivity index (χ1) is 11.8. The van der Waals surface area contributed by atoms with Crippen molar-refractivity contribution in [3.63, 3.8) is 0 Å². The Balaban J connectivity index is 1.91.